The van der Waals surface area contributed by atoms with Crippen molar-refractivity contribution < 1.29 is 18.0 Å². The first-order valence-corrected chi connectivity index (χ1v) is 8.67. The molecule has 3 rings (SSSR count). The van der Waals surface area contributed by atoms with Crippen LogP contribution in [0.3, 0.4) is 0 Å². The van der Waals surface area contributed by atoms with Gasteiger partial charge in [-0.05, 0) is 43.5 Å². The number of carbonyl (C=O) groups is 1. The Morgan fingerprint density at radius 2 is 2.00 bits per heavy atom. The van der Waals surface area contributed by atoms with Gasteiger partial charge < -0.3 is 15.6 Å². The standard InChI is InChI=1S/C19H20F3N3O2/c1-3-11-9-15(13-8-10(2)4-6-14(13)23-11)24-17(26)12-5-7-16(19(20,21)22)25-18(12)27/h4-8,11,15,23H,3,9H2,1-2H3,(H,24,26)(H,25,27)/t11-,15?/m1/s1. The summed E-state index contributed by atoms with van der Waals surface area (Å²) >= 11 is 0. The third-order valence-electron chi connectivity index (χ3n) is 4.72. The summed E-state index contributed by atoms with van der Waals surface area (Å²) in [4.78, 5) is 26.2. The summed E-state index contributed by atoms with van der Waals surface area (Å²) < 4.78 is 38.0. The molecule has 0 aliphatic carbocycles. The highest BCUT2D eigenvalue weighted by molar-refractivity contribution is 5.94. The smallest absolute Gasteiger partial charge is 0.382 e. The molecular weight excluding hydrogens is 359 g/mol. The highest BCUT2D eigenvalue weighted by Gasteiger charge is 2.33. The van der Waals surface area contributed by atoms with Crippen molar-refractivity contribution in [2.45, 2.75) is 44.9 Å². The molecule has 27 heavy (non-hydrogen) atoms. The van der Waals surface area contributed by atoms with Gasteiger partial charge in [0, 0.05) is 11.7 Å². The van der Waals surface area contributed by atoms with Crippen molar-refractivity contribution in [3.05, 3.63) is 63.1 Å². The van der Waals surface area contributed by atoms with Crippen LogP contribution in [0.2, 0.25) is 0 Å². The molecule has 1 aromatic heterocycles. The van der Waals surface area contributed by atoms with E-state index in [-0.39, 0.29) is 17.6 Å². The van der Waals surface area contributed by atoms with Crippen molar-refractivity contribution in [2.24, 2.45) is 0 Å². The topological polar surface area (TPSA) is 74.0 Å². The number of aryl methyl sites for hydroxylation is 1. The number of anilines is 1. The van der Waals surface area contributed by atoms with Crippen molar-refractivity contribution in [2.75, 3.05) is 5.32 Å². The number of aromatic amines is 1. The quantitative estimate of drug-likeness (QED) is 0.760. The summed E-state index contributed by atoms with van der Waals surface area (Å²) in [6, 6.07) is 7.28. The molecule has 8 heteroatoms. The van der Waals surface area contributed by atoms with Crippen molar-refractivity contribution in [1.82, 2.24) is 10.3 Å². The van der Waals surface area contributed by atoms with Crippen LogP contribution in [0.15, 0.2) is 35.1 Å². The number of hydrogen-bond acceptors (Lipinski definition) is 3. The number of hydrogen-bond donors (Lipinski definition) is 3. The van der Waals surface area contributed by atoms with Gasteiger partial charge in [0.15, 0.2) is 0 Å². The molecule has 1 amide bonds. The Kier molecular flexibility index (Phi) is 4.99. The first-order valence-electron chi connectivity index (χ1n) is 8.67. The Balaban J connectivity index is 1.88. The Bertz CT molecular complexity index is 921. The van der Waals surface area contributed by atoms with Gasteiger partial charge in [0.1, 0.15) is 11.3 Å². The number of carbonyl (C=O) groups excluding carboxylic acids is 1. The fourth-order valence-corrected chi connectivity index (χ4v) is 3.25. The summed E-state index contributed by atoms with van der Waals surface area (Å²) in [5.41, 5.74) is 0.244. The Morgan fingerprint density at radius 1 is 1.26 bits per heavy atom. The van der Waals surface area contributed by atoms with Crippen LogP contribution in [-0.2, 0) is 6.18 Å². The number of alkyl halides is 3. The maximum atomic E-state index is 12.7. The van der Waals surface area contributed by atoms with Gasteiger partial charge in [-0.3, -0.25) is 9.59 Å². The zero-order valence-electron chi connectivity index (χ0n) is 14.9. The Morgan fingerprint density at radius 3 is 2.63 bits per heavy atom. The van der Waals surface area contributed by atoms with E-state index in [9.17, 15) is 22.8 Å². The van der Waals surface area contributed by atoms with E-state index in [1.807, 2.05) is 32.0 Å². The number of H-pyrrole nitrogens is 1. The molecule has 5 nitrogen and oxygen atoms in total. The average molecular weight is 379 g/mol. The Hall–Kier alpha value is -2.77. The summed E-state index contributed by atoms with van der Waals surface area (Å²) in [5, 5.41) is 6.21. The zero-order chi connectivity index (χ0) is 19.8. The molecule has 2 heterocycles. The van der Waals surface area contributed by atoms with Crippen LogP contribution >= 0.6 is 0 Å². The van der Waals surface area contributed by atoms with E-state index in [2.05, 4.69) is 10.6 Å². The number of benzene rings is 1. The fraction of sp³-hybridized carbons (Fsp3) is 0.368. The predicted molar refractivity (Wildman–Crippen MR) is 95.8 cm³/mol. The SMILES string of the molecule is CC[C@@H]1CC(NC(=O)c2ccc(C(F)(F)F)[nH]c2=O)c2cc(C)ccc2N1. The van der Waals surface area contributed by atoms with Gasteiger partial charge in [-0.15, -0.1) is 0 Å². The van der Waals surface area contributed by atoms with Crippen LogP contribution in [0.1, 0.15) is 53.0 Å². The van der Waals surface area contributed by atoms with E-state index in [0.717, 1.165) is 29.3 Å². The van der Waals surface area contributed by atoms with Crippen molar-refractivity contribution in [3.8, 4) is 0 Å². The largest absolute Gasteiger partial charge is 0.431 e. The van der Waals surface area contributed by atoms with Crippen LogP contribution in [0, 0.1) is 6.92 Å². The van der Waals surface area contributed by atoms with Crippen LogP contribution in [-0.4, -0.2) is 16.9 Å². The van der Waals surface area contributed by atoms with Crippen LogP contribution < -0.4 is 16.2 Å². The molecule has 2 atom stereocenters. The molecule has 0 saturated heterocycles. The molecule has 0 saturated carbocycles. The number of fused-ring (bicyclic) bond motifs is 1. The average Bonchev–Trinajstić information content (AvgIpc) is 2.60. The molecule has 1 aliphatic rings. The maximum absolute atomic E-state index is 12.7. The predicted octanol–water partition coefficient (Wildman–Crippen LogP) is 3.77. The van der Waals surface area contributed by atoms with Gasteiger partial charge >= 0.3 is 6.18 Å². The summed E-state index contributed by atoms with van der Waals surface area (Å²) in [7, 11) is 0. The first-order chi connectivity index (χ1) is 12.7. The molecule has 0 radical (unpaired) electrons. The van der Waals surface area contributed by atoms with Crippen LogP contribution in [0.25, 0.3) is 0 Å². The number of amides is 1. The second kappa shape index (κ2) is 7.09. The van der Waals surface area contributed by atoms with Crippen molar-refractivity contribution in [3.63, 3.8) is 0 Å². The van der Waals surface area contributed by atoms with Gasteiger partial charge in [-0.1, -0.05) is 24.6 Å². The second-order valence-corrected chi connectivity index (χ2v) is 6.71. The molecule has 0 bridgehead atoms. The van der Waals surface area contributed by atoms with E-state index < -0.39 is 23.3 Å². The molecule has 1 unspecified atom stereocenters. The van der Waals surface area contributed by atoms with E-state index >= 15 is 0 Å². The normalized spacial score (nSPS) is 19.1. The third-order valence-corrected chi connectivity index (χ3v) is 4.72. The lowest BCUT2D eigenvalue weighted by atomic mass is 9.90. The summed E-state index contributed by atoms with van der Waals surface area (Å²) in [5.74, 6) is -0.695. The number of pyridine rings is 1. The fourth-order valence-electron chi connectivity index (χ4n) is 3.25. The summed E-state index contributed by atoms with van der Waals surface area (Å²) in [6.07, 6.45) is -3.20. The van der Waals surface area contributed by atoms with Crippen molar-refractivity contribution in [1.29, 1.82) is 0 Å². The molecule has 0 spiro atoms. The van der Waals surface area contributed by atoms with Crippen LogP contribution in [0.4, 0.5) is 18.9 Å². The minimum Gasteiger partial charge on any atom is -0.382 e. The molecule has 2 aromatic rings. The van der Waals surface area contributed by atoms with Gasteiger partial charge in [0.2, 0.25) is 0 Å². The van der Waals surface area contributed by atoms with E-state index in [1.54, 1.807) is 4.98 Å². The lowest BCUT2D eigenvalue weighted by molar-refractivity contribution is -0.141. The molecular formula is C19H20F3N3O2. The molecule has 3 N–H and O–H groups in total. The minimum atomic E-state index is -4.67. The van der Waals surface area contributed by atoms with Gasteiger partial charge in [-0.2, -0.15) is 13.2 Å². The van der Waals surface area contributed by atoms with Crippen LogP contribution in [0.5, 0.6) is 0 Å². The third kappa shape index (κ3) is 3.99. The molecule has 0 fully saturated rings. The molecule has 1 aliphatic heterocycles. The van der Waals surface area contributed by atoms with Gasteiger partial charge in [0.25, 0.3) is 11.5 Å². The lowest BCUT2D eigenvalue weighted by Gasteiger charge is -2.33. The van der Waals surface area contributed by atoms with E-state index in [1.165, 1.54) is 0 Å². The second-order valence-electron chi connectivity index (χ2n) is 6.71. The number of rotatable bonds is 3. The van der Waals surface area contributed by atoms with E-state index in [4.69, 9.17) is 0 Å². The highest BCUT2D eigenvalue weighted by atomic mass is 19.4. The Labute approximate surface area is 154 Å². The van der Waals surface area contributed by atoms with Gasteiger partial charge in [-0.25, -0.2) is 0 Å². The van der Waals surface area contributed by atoms with Gasteiger partial charge in [0.05, 0.1) is 6.04 Å². The number of halogens is 3. The maximum Gasteiger partial charge on any atom is 0.431 e. The first kappa shape index (κ1) is 19.0. The highest BCUT2D eigenvalue weighted by Crippen LogP contribution is 2.34. The zero-order valence-corrected chi connectivity index (χ0v) is 14.9. The van der Waals surface area contributed by atoms with Crippen molar-refractivity contribution >= 4 is 11.6 Å². The monoisotopic (exact) mass is 379 g/mol. The van der Waals surface area contributed by atoms with E-state index in [0.29, 0.717) is 12.5 Å². The number of nitrogens with one attached hydrogen (secondary N) is 3. The molecule has 1 aromatic carbocycles. The number of aromatic nitrogens is 1. The lowest BCUT2D eigenvalue weighted by Crippen LogP contribution is -2.39. The summed E-state index contributed by atoms with van der Waals surface area (Å²) in [6.45, 7) is 3.96. The molecule has 144 valence electrons. The minimum absolute atomic E-state index is 0.149.